The second-order valence-electron chi connectivity index (χ2n) is 6.58. The number of pyridine rings is 1. The number of likely N-dealkylation sites (tertiary alicyclic amines) is 1. The molecule has 1 aromatic heterocycles. The Morgan fingerprint density at radius 2 is 2.07 bits per heavy atom. The summed E-state index contributed by atoms with van der Waals surface area (Å²) in [4.78, 5) is 31.9. The Morgan fingerprint density at radius 1 is 1.30 bits per heavy atom. The summed E-state index contributed by atoms with van der Waals surface area (Å²) < 4.78 is 12.9. The van der Waals surface area contributed by atoms with Crippen LogP contribution in [0.3, 0.4) is 0 Å². The number of anilines is 1. The smallest absolute Gasteiger partial charge is 0.232 e. The monoisotopic (exact) mass is 387 g/mol. The Hall–Kier alpha value is -2.41. The summed E-state index contributed by atoms with van der Waals surface area (Å²) in [5.41, 5.74) is 0.908. The number of nitrogens with zero attached hydrogens (tertiary/aromatic N) is 2. The average molecular weight is 387 g/mol. The molecule has 2 amide bonds. The molecular formula is C20H22FN3O2S. The van der Waals surface area contributed by atoms with E-state index in [-0.39, 0.29) is 29.3 Å². The van der Waals surface area contributed by atoms with Gasteiger partial charge in [0.1, 0.15) is 11.6 Å². The fourth-order valence-electron chi connectivity index (χ4n) is 3.02. The molecule has 1 aromatic carbocycles. The number of hydrogen-bond donors (Lipinski definition) is 1. The van der Waals surface area contributed by atoms with Crippen molar-refractivity contribution in [2.24, 2.45) is 5.92 Å². The van der Waals surface area contributed by atoms with Gasteiger partial charge in [-0.3, -0.25) is 9.59 Å². The zero-order valence-corrected chi connectivity index (χ0v) is 16.0. The first-order valence-electron chi connectivity index (χ1n) is 8.91. The van der Waals surface area contributed by atoms with Crippen molar-refractivity contribution >= 4 is 29.4 Å². The zero-order valence-electron chi connectivity index (χ0n) is 15.2. The van der Waals surface area contributed by atoms with E-state index in [1.807, 2.05) is 19.1 Å². The van der Waals surface area contributed by atoms with Gasteiger partial charge in [-0.1, -0.05) is 6.07 Å². The van der Waals surface area contributed by atoms with Crippen molar-refractivity contribution in [1.29, 1.82) is 0 Å². The Kier molecular flexibility index (Phi) is 6.45. The van der Waals surface area contributed by atoms with Crippen LogP contribution in [0, 0.1) is 18.7 Å². The third-order valence-electron chi connectivity index (χ3n) is 4.57. The molecule has 2 aromatic rings. The van der Waals surface area contributed by atoms with Crippen molar-refractivity contribution in [2.75, 3.05) is 24.2 Å². The Balaban J connectivity index is 1.53. The van der Waals surface area contributed by atoms with Gasteiger partial charge in [-0.05, 0) is 55.7 Å². The molecule has 0 spiro atoms. The molecule has 1 atom stereocenters. The van der Waals surface area contributed by atoms with Crippen molar-refractivity contribution in [2.45, 2.75) is 24.7 Å². The van der Waals surface area contributed by atoms with Gasteiger partial charge in [0, 0.05) is 24.2 Å². The van der Waals surface area contributed by atoms with E-state index in [2.05, 4.69) is 10.3 Å². The normalized spacial score (nSPS) is 16.8. The van der Waals surface area contributed by atoms with Crippen LogP contribution in [0.2, 0.25) is 0 Å². The average Bonchev–Trinajstić information content (AvgIpc) is 2.69. The first-order valence-corrected chi connectivity index (χ1v) is 9.90. The molecule has 1 fully saturated rings. The number of thioether (sulfide) groups is 1. The summed E-state index contributed by atoms with van der Waals surface area (Å²) in [5, 5.41) is 2.87. The lowest BCUT2D eigenvalue weighted by atomic mass is 9.97. The molecule has 1 aliphatic rings. The minimum absolute atomic E-state index is 0.00385. The molecule has 3 rings (SSSR count). The summed E-state index contributed by atoms with van der Waals surface area (Å²) in [7, 11) is 0. The maximum absolute atomic E-state index is 12.9. The summed E-state index contributed by atoms with van der Waals surface area (Å²) in [6.07, 6.45) is 3.20. The van der Waals surface area contributed by atoms with Crippen LogP contribution in [-0.2, 0) is 9.59 Å². The van der Waals surface area contributed by atoms with Crippen molar-refractivity contribution in [3.8, 4) is 0 Å². The summed E-state index contributed by atoms with van der Waals surface area (Å²) in [6.45, 7) is 2.97. The quantitative estimate of drug-likeness (QED) is 0.798. The SMILES string of the molecule is Cc1cccnc1NC(=O)C1CCCN(C(=O)CSc2ccc(F)cc2)C1. The first kappa shape index (κ1) is 19.4. The minimum Gasteiger partial charge on any atom is -0.341 e. The van der Waals surface area contributed by atoms with E-state index in [1.165, 1.54) is 23.9 Å². The minimum atomic E-state index is -0.293. The molecule has 0 radical (unpaired) electrons. The molecule has 0 saturated carbocycles. The van der Waals surface area contributed by atoms with E-state index in [1.54, 1.807) is 23.2 Å². The third-order valence-corrected chi connectivity index (χ3v) is 5.57. The molecule has 1 aliphatic heterocycles. The van der Waals surface area contributed by atoms with Crippen molar-refractivity contribution in [3.63, 3.8) is 0 Å². The highest BCUT2D eigenvalue weighted by Crippen LogP contribution is 2.22. The van der Waals surface area contributed by atoms with E-state index in [0.29, 0.717) is 18.9 Å². The fraction of sp³-hybridized carbons (Fsp3) is 0.350. The Morgan fingerprint density at radius 3 is 2.81 bits per heavy atom. The number of nitrogens with one attached hydrogen (secondary N) is 1. The molecule has 1 unspecified atom stereocenters. The lowest BCUT2D eigenvalue weighted by molar-refractivity contribution is -0.132. The fourth-order valence-corrected chi connectivity index (χ4v) is 3.82. The van der Waals surface area contributed by atoms with Crippen LogP contribution in [0.5, 0.6) is 0 Å². The maximum Gasteiger partial charge on any atom is 0.232 e. The van der Waals surface area contributed by atoms with Crippen LogP contribution in [0.25, 0.3) is 0 Å². The van der Waals surface area contributed by atoms with Crippen molar-refractivity contribution in [1.82, 2.24) is 9.88 Å². The van der Waals surface area contributed by atoms with Gasteiger partial charge >= 0.3 is 0 Å². The van der Waals surface area contributed by atoms with Gasteiger partial charge in [-0.15, -0.1) is 11.8 Å². The van der Waals surface area contributed by atoms with Crippen molar-refractivity contribution < 1.29 is 14.0 Å². The lowest BCUT2D eigenvalue weighted by Gasteiger charge is -2.32. The lowest BCUT2D eigenvalue weighted by Crippen LogP contribution is -2.44. The van der Waals surface area contributed by atoms with Crippen LogP contribution in [0.15, 0.2) is 47.5 Å². The number of aryl methyl sites for hydroxylation is 1. The van der Waals surface area contributed by atoms with Crippen molar-refractivity contribution in [3.05, 3.63) is 54.0 Å². The molecule has 1 saturated heterocycles. The van der Waals surface area contributed by atoms with Gasteiger partial charge < -0.3 is 10.2 Å². The standard InChI is InChI=1S/C20H22FN3O2S/c1-14-4-2-10-22-19(14)23-20(26)15-5-3-11-24(12-15)18(25)13-27-17-8-6-16(21)7-9-17/h2,4,6-10,15H,3,5,11-13H2,1H3,(H,22,23,26). The highest BCUT2D eigenvalue weighted by atomic mass is 32.2. The van der Waals surface area contributed by atoms with Gasteiger partial charge in [0.15, 0.2) is 0 Å². The number of rotatable bonds is 5. The molecule has 0 aliphatic carbocycles. The van der Waals surface area contributed by atoms with Crippen LogP contribution in [-0.4, -0.2) is 40.5 Å². The van der Waals surface area contributed by atoms with Crippen LogP contribution in [0.4, 0.5) is 10.2 Å². The van der Waals surface area contributed by atoms with Gasteiger partial charge in [-0.2, -0.15) is 0 Å². The molecule has 5 nitrogen and oxygen atoms in total. The summed E-state index contributed by atoms with van der Waals surface area (Å²) >= 11 is 1.38. The molecule has 1 N–H and O–H groups in total. The van der Waals surface area contributed by atoms with Gasteiger partial charge in [0.05, 0.1) is 11.7 Å². The maximum atomic E-state index is 12.9. The van der Waals surface area contributed by atoms with E-state index in [4.69, 9.17) is 0 Å². The van der Waals surface area contributed by atoms with Crippen LogP contribution < -0.4 is 5.32 Å². The second kappa shape index (κ2) is 8.99. The number of aromatic nitrogens is 1. The van der Waals surface area contributed by atoms with E-state index in [9.17, 15) is 14.0 Å². The van der Waals surface area contributed by atoms with Gasteiger partial charge in [0.2, 0.25) is 11.8 Å². The molecule has 142 valence electrons. The van der Waals surface area contributed by atoms with Crippen LogP contribution >= 0.6 is 11.8 Å². The number of halogens is 1. The zero-order chi connectivity index (χ0) is 19.2. The predicted octanol–water partition coefficient (Wildman–Crippen LogP) is 3.50. The Labute approximate surface area is 162 Å². The molecule has 2 heterocycles. The molecule has 0 bridgehead atoms. The number of hydrogen-bond acceptors (Lipinski definition) is 4. The highest BCUT2D eigenvalue weighted by Gasteiger charge is 2.28. The third kappa shape index (κ3) is 5.29. The van der Waals surface area contributed by atoms with E-state index < -0.39 is 0 Å². The molecule has 7 heteroatoms. The number of amides is 2. The largest absolute Gasteiger partial charge is 0.341 e. The first-order chi connectivity index (χ1) is 13.0. The summed E-state index contributed by atoms with van der Waals surface area (Å²) in [5.74, 6) is 0.215. The Bertz CT molecular complexity index is 813. The number of benzene rings is 1. The second-order valence-corrected chi connectivity index (χ2v) is 7.63. The van der Waals surface area contributed by atoms with E-state index >= 15 is 0 Å². The summed E-state index contributed by atoms with van der Waals surface area (Å²) in [6, 6.07) is 9.81. The molecular weight excluding hydrogens is 365 g/mol. The van der Waals surface area contributed by atoms with Gasteiger partial charge in [-0.25, -0.2) is 9.37 Å². The number of carbonyl (C=O) groups is 2. The topological polar surface area (TPSA) is 62.3 Å². The number of piperidine rings is 1. The van der Waals surface area contributed by atoms with Crippen LogP contribution in [0.1, 0.15) is 18.4 Å². The predicted molar refractivity (Wildman–Crippen MR) is 104 cm³/mol. The van der Waals surface area contributed by atoms with E-state index in [0.717, 1.165) is 23.3 Å². The number of carbonyl (C=O) groups excluding carboxylic acids is 2. The highest BCUT2D eigenvalue weighted by molar-refractivity contribution is 8.00. The molecule has 27 heavy (non-hydrogen) atoms. The van der Waals surface area contributed by atoms with Gasteiger partial charge in [0.25, 0.3) is 0 Å².